The van der Waals surface area contributed by atoms with Gasteiger partial charge in [-0.3, -0.25) is 4.98 Å². The van der Waals surface area contributed by atoms with E-state index in [9.17, 15) is 12.8 Å². The number of hydrogen-bond acceptors (Lipinski definition) is 4. The molecule has 0 atom stereocenters. The van der Waals surface area contributed by atoms with Crippen molar-refractivity contribution in [1.82, 2.24) is 4.98 Å². The van der Waals surface area contributed by atoms with Crippen LogP contribution in [0, 0.1) is 5.82 Å². The summed E-state index contributed by atoms with van der Waals surface area (Å²) in [6, 6.07) is 17.0. The molecule has 0 saturated heterocycles. The van der Waals surface area contributed by atoms with Gasteiger partial charge in [-0.05, 0) is 54.1 Å². The van der Waals surface area contributed by atoms with E-state index in [1.165, 1.54) is 43.6 Å². The number of methoxy groups -OCH3 is 1. The molecule has 4 rings (SSSR count). The van der Waals surface area contributed by atoms with Gasteiger partial charge in [0.1, 0.15) is 11.6 Å². The first-order chi connectivity index (χ1) is 13.9. The molecule has 3 aromatic carbocycles. The molecule has 0 aliphatic rings. The highest BCUT2D eigenvalue weighted by atomic mass is 35.5. The predicted molar refractivity (Wildman–Crippen MR) is 111 cm³/mol. The quantitative estimate of drug-likeness (QED) is 0.429. The molecule has 4 nitrogen and oxygen atoms in total. The molecule has 1 heterocycles. The third-order valence-electron chi connectivity index (χ3n) is 4.55. The minimum Gasteiger partial charge on any atom is -0.497 e. The second kappa shape index (κ2) is 7.46. The number of pyridine rings is 1. The molecule has 0 amide bonds. The van der Waals surface area contributed by atoms with Crippen LogP contribution in [0.1, 0.15) is 0 Å². The van der Waals surface area contributed by atoms with E-state index >= 15 is 0 Å². The number of rotatable bonds is 4. The van der Waals surface area contributed by atoms with E-state index < -0.39 is 15.7 Å². The van der Waals surface area contributed by atoms with E-state index in [0.29, 0.717) is 32.8 Å². The maximum absolute atomic E-state index is 14.1. The third kappa shape index (κ3) is 3.57. The van der Waals surface area contributed by atoms with Gasteiger partial charge in [-0.2, -0.15) is 0 Å². The van der Waals surface area contributed by atoms with Crippen molar-refractivity contribution in [1.29, 1.82) is 0 Å². The van der Waals surface area contributed by atoms with Crippen LogP contribution in [0.2, 0.25) is 5.02 Å². The van der Waals surface area contributed by atoms with Gasteiger partial charge in [-0.1, -0.05) is 29.8 Å². The smallest absolute Gasteiger partial charge is 0.208 e. The Bertz CT molecular complexity index is 1340. The van der Waals surface area contributed by atoms with Crippen molar-refractivity contribution in [3.8, 4) is 16.9 Å². The highest BCUT2D eigenvalue weighted by molar-refractivity contribution is 7.91. The number of halogens is 2. The van der Waals surface area contributed by atoms with Gasteiger partial charge in [0, 0.05) is 22.2 Å². The lowest BCUT2D eigenvalue weighted by molar-refractivity contribution is 0.415. The number of sulfone groups is 1. The van der Waals surface area contributed by atoms with Crippen LogP contribution in [0.3, 0.4) is 0 Å². The summed E-state index contributed by atoms with van der Waals surface area (Å²) in [6.45, 7) is 0. The van der Waals surface area contributed by atoms with Crippen molar-refractivity contribution in [3.05, 3.63) is 83.8 Å². The first-order valence-corrected chi connectivity index (χ1v) is 10.5. The molecule has 0 radical (unpaired) electrons. The molecule has 7 heteroatoms. The van der Waals surface area contributed by atoms with Gasteiger partial charge < -0.3 is 4.74 Å². The lowest BCUT2D eigenvalue weighted by Crippen LogP contribution is -2.06. The van der Waals surface area contributed by atoms with Crippen LogP contribution < -0.4 is 4.74 Å². The van der Waals surface area contributed by atoms with Crippen molar-refractivity contribution in [2.45, 2.75) is 9.79 Å². The molecule has 0 spiro atoms. The summed E-state index contributed by atoms with van der Waals surface area (Å²) in [5.41, 5.74) is 1.41. The molecule has 0 bridgehead atoms. The van der Waals surface area contributed by atoms with Crippen LogP contribution in [0.15, 0.2) is 82.7 Å². The molecule has 146 valence electrons. The molecule has 4 aromatic rings. The van der Waals surface area contributed by atoms with Crippen LogP contribution in [0.5, 0.6) is 5.75 Å². The van der Waals surface area contributed by atoms with Crippen molar-refractivity contribution in [2.75, 3.05) is 7.11 Å². The van der Waals surface area contributed by atoms with Gasteiger partial charge in [0.05, 0.1) is 22.4 Å². The standard InChI is InChI=1S/C22H15ClFNO3S/c1-28-17-6-2-4-14(10-17)22-19-12-16(24)8-9-20(19)25-13-21(22)29(26,27)18-7-3-5-15(23)11-18/h2-13H,1H3. The summed E-state index contributed by atoms with van der Waals surface area (Å²) >= 11 is 6.00. The maximum Gasteiger partial charge on any atom is 0.208 e. The van der Waals surface area contributed by atoms with Gasteiger partial charge in [0.25, 0.3) is 0 Å². The highest BCUT2D eigenvalue weighted by Crippen LogP contribution is 2.38. The van der Waals surface area contributed by atoms with Crippen LogP contribution in [0.4, 0.5) is 4.39 Å². The van der Waals surface area contributed by atoms with E-state index in [0.717, 1.165) is 0 Å². The molecule has 0 aliphatic carbocycles. The fourth-order valence-electron chi connectivity index (χ4n) is 3.19. The molecule has 0 unspecified atom stereocenters. The van der Waals surface area contributed by atoms with Gasteiger partial charge in [0.2, 0.25) is 9.84 Å². The largest absolute Gasteiger partial charge is 0.497 e. The van der Waals surface area contributed by atoms with Crippen molar-refractivity contribution >= 4 is 32.3 Å². The number of hydrogen-bond donors (Lipinski definition) is 0. The minimum atomic E-state index is -3.97. The summed E-state index contributed by atoms with van der Waals surface area (Å²) < 4.78 is 46.2. The van der Waals surface area contributed by atoms with E-state index in [2.05, 4.69) is 4.98 Å². The highest BCUT2D eigenvalue weighted by Gasteiger charge is 2.25. The molecule has 29 heavy (non-hydrogen) atoms. The second-order valence-electron chi connectivity index (χ2n) is 6.35. The molecule has 0 saturated carbocycles. The fourth-order valence-corrected chi connectivity index (χ4v) is 4.92. The van der Waals surface area contributed by atoms with Crippen molar-refractivity contribution in [3.63, 3.8) is 0 Å². The number of aromatic nitrogens is 1. The zero-order valence-electron chi connectivity index (χ0n) is 15.3. The Labute approximate surface area is 172 Å². The van der Waals surface area contributed by atoms with E-state index in [1.807, 2.05) is 0 Å². The Morgan fingerprint density at radius 2 is 1.79 bits per heavy atom. The fraction of sp³-hybridized carbons (Fsp3) is 0.0455. The first-order valence-electron chi connectivity index (χ1n) is 8.63. The average Bonchev–Trinajstić information content (AvgIpc) is 2.72. The normalized spacial score (nSPS) is 11.6. The first kappa shape index (κ1) is 19.4. The number of benzene rings is 3. The maximum atomic E-state index is 14.1. The average molecular weight is 428 g/mol. The third-order valence-corrected chi connectivity index (χ3v) is 6.55. The lowest BCUT2D eigenvalue weighted by atomic mass is 10.0. The number of ether oxygens (including phenoxy) is 1. The predicted octanol–water partition coefficient (Wildman–Crippen LogP) is 5.54. The van der Waals surface area contributed by atoms with Crippen molar-refractivity contribution in [2.24, 2.45) is 0 Å². The van der Waals surface area contributed by atoms with E-state index in [1.54, 1.807) is 36.4 Å². The molecule has 1 aromatic heterocycles. The second-order valence-corrected chi connectivity index (χ2v) is 8.71. The lowest BCUT2D eigenvalue weighted by Gasteiger charge is -2.15. The SMILES string of the molecule is COc1cccc(-c2c(S(=O)(=O)c3cccc(Cl)c3)cnc3ccc(F)cc23)c1. The number of fused-ring (bicyclic) bond motifs is 1. The monoisotopic (exact) mass is 427 g/mol. The van der Waals surface area contributed by atoms with Crippen molar-refractivity contribution < 1.29 is 17.5 Å². The molecule has 0 aliphatic heterocycles. The van der Waals surface area contributed by atoms with Crippen LogP contribution in [-0.4, -0.2) is 20.5 Å². The summed E-state index contributed by atoms with van der Waals surface area (Å²) in [6.07, 6.45) is 1.30. The summed E-state index contributed by atoms with van der Waals surface area (Å²) in [7, 11) is -2.45. The summed E-state index contributed by atoms with van der Waals surface area (Å²) in [5.74, 6) is 0.0655. The molecule has 0 fully saturated rings. The van der Waals surface area contributed by atoms with Gasteiger partial charge in [-0.15, -0.1) is 0 Å². The Hall–Kier alpha value is -2.96. The Kier molecular flexibility index (Phi) is 4.98. The topological polar surface area (TPSA) is 56.3 Å². The zero-order chi connectivity index (χ0) is 20.6. The summed E-state index contributed by atoms with van der Waals surface area (Å²) in [4.78, 5) is 4.25. The van der Waals surface area contributed by atoms with Crippen LogP contribution in [-0.2, 0) is 9.84 Å². The van der Waals surface area contributed by atoms with Gasteiger partial charge >= 0.3 is 0 Å². The zero-order valence-corrected chi connectivity index (χ0v) is 16.8. The van der Waals surface area contributed by atoms with E-state index in [-0.39, 0.29) is 9.79 Å². The van der Waals surface area contributed by atoms with Gasteiger partial charge in [-0.25, -0.2) is 12.8 Å². The molecular formula is C22H15ClFNO3S. The Morgan fingerprint density at radius 3 is 2.55 bits per heavy atom. The molecule has 0 N–H and O–H groups in total. The Balaban J connectivity index is 2.09. The summed E-state index contributed by atoms with van der Waals surface area (Å²) in [5, 5.41) is 0.690. The van der Waals surface area contributed by atoms with Gasteiger partial charge in [0.15, 0.2) is 0 Å². The Morgan fingerprint density at radius 1 is 1.00 bits per heavy atom. The van der Waals surface area contributed by atoms with Crippen LogP contribution >= 0.6 is 11.6 Å². The van der Waals surface area contributed by atoms with Crippen LogP contribution in [0.25, 0.3) is 22.0 Å². The molecular weight excluding hydrogens is 413 g/mol. The number of nitrogens with zero attached hydrogens (tertiary/aromatic N) is 1. The van der Waals surface area contributed by atoms with E-state index in [4.69, 9.17) is 16.3 Å². The minimum absolute atomic E-state index is 0.0340.